The van der Waals surface area contributed by atoms with E-state index in [2.05, 4.69) is 15.8 Å². The third-order valence-corrected chi connectivity index (χ3v) is 3.37. The summed E-state index contributed by atoms with van der Waals surface area (Å²) in [5, 5.41) is 5.99. The molecule has 0 spiro atoms. The molecule has 6 nitrogen and oxygen atoms in total. The Morgan fingerprint density at radius 3 is 2.57 bits per heavy atom. The molecule has 2 N–H and O–H groups in total. The first kappa shape index (κ1) is 20.9. The van der Waals surface area contributed by atoms with E-state index in [1.165, 1.54) is 18.3 Å². The van der Waals surface area contributed by atoms with Gasteiger partial charge in [0.15, 0.2) is 0 Å². The van der Waals surface area contributed by atoms with Gasteiger partial charge in [-0.1, -0.05) is 18.2 Å². The Hall–Kier alpha value is -3.36. The number of hydrogen-bond acceptors (Lipinski definition) is 4. The molecule has 2 aromatic rings. The maximum absolute atomic E-state index is 12.7. The van der Waals surface area contributed by atoms with Crippen molar-refractivity contribution in [1.82, 2.24) is 5.43 Å². The second kappa shape index (κ2) is 9.54. The lowest BCUT2D eigenvalue weighted by molar-refractivity contribution is -0.137. The first-order valence-corrected chi connectivity index (χ1v) is 8.30. The molecule has 0 aliphatic heterocycles. The molecule has 0 aliphatic carbocycles. The van der Waals surface area contributed by atoms with Crippen LogP contribution >= 0.6 is 0 Å². The number of amides is 2. The number of anilines is 1. The Labute approximate surface area is 159 Å². The smallest absolute Gasteiger partial charge is 0.416 e. The SMILES string of the molecule is CCOc1cccc(C=NNC(=O)CC(=O)Nc2cccc(C(F)(F)F)c2)c1. The topological polar surface area (TPSA) is 79.8 Å². The van der Waals surface area contributed by atoms with E-state index < -0.39 is 30.0 Å². The number of benzene rings is 2. The number of hydrogen-bond donors (Lipinski definition) is 2. The second-order valence-corrected chi connectivity index (χ2v) is 5.60. The molecule has 28 heavy (non-hydrogen) atoms. The fraction of sp³-hybridized carbons (Fsp3) is 0.211. The van der Waals surface area contributed by atoms with Gasteiger partial charge in [-0.15, -0.1) is 0 Å². The van der Waals surface area contributed by atoms with Gasteiger partial charge in [-0.3, -0.25) is 9.59 Å². The summed E-state index contributed by atoms with van der Waals surface area (Å²) < 4.78 is 43.3. The molecule has 0 aliphatic rings. The summed E-state index contributed by atoms with van der Waals surface area (Å²) in [6.07, 6.45) is -3.73. The van der Waals surface area contributed by atoms with E-state index in [0.29, 0.717) is 17.9 Å². The minimum absolute atomic E-state index is 0.0520. The Morgan fingerprint density at radius 2 is 1.86 bits per heavy atom. The number of carbonyl (C=O) groups is 2. The molecule has 0 fully saturated rings. The normalized spacial score (nSPS) is 11.3. The van der Waals surface area contributed by atoms with E-state index in [1.54, 1.807) is 24.3 Å². The number of halogens is 3. The van der Waals surface area contributed by atoms with Gasteiger partial charge in [0, 0.05) is 5.69 Å². The van der Waals surface area contributed by atoms with E-state index in [1.807, 2.05) is 6.92 Å². The van der Waals surface area contributed by atoms with Crippen molar-refractivity contribution in [3.63, 3.8) is 0 Å². The quantitative estimate of drug-likeness (QED) is 0.429. The lowest BCUT2D eigenvalue weighted by Crippen LogP contribution is -2.24. The standard InChI is InChI=1S/C19H18F3N3O3/c1-2-28-16-8-3-5-13(9-16)12-23-25-18(27)11-17(26)24-15-7-4-6-14(10-15)19(20,21)22/h3-10,12H,2,11H2,1H3,(H,24,26)(H,25,27). The summed E-state index contributed by atoms with van der Waals surface area (Å²) in [6, 6.07) is 11.1. The van der Waals surface area contributed by atoms with Crippen molar-refractivity contribution in [1.29, 1.82) is 0 Å². The van der Waals surface area contributed by atoms with Gasteiger partial charge in [0.05, 0.1) is 18.4 Å². The van der Waals surface area contributed by atoms with Crippen LogP contribution in [0.2, 0.25) is 0 Å². The van der Waals surface area contributed by atoms with Crippen LogP contribution < -0.4 is 15.5 Å². The second-order valence-electron chi connectivity index (χ2n) is 5.60. The van der Waals surface area contributed by atoms with Gasteiger partial charge in [-0.25, -0.2) is 5.43 Å². The molecule has 0 saturated carbocycles. The van der Waals surface area contributed by atoms with Crippen LogP contribution in [0.4, 0.5) is 18.9 Å². The highest BCUT2D eigenvalue weighted by atomic mass is 19.4. The monoisotopic (exact) mass is 393 g/mol. The minimum Gasteiger partial charge on any atom is -0.494 e. The van der Waals surface area contributed by atoms with Crippen molar-refractivity contribution in [2.24, 2.45) is 5.10 Å². The van der Waals surface area contributed by atoms with Crippen LogP contribution in [-0.2, 0) is 15.8 Å². The predicted octanol–water partition coefficient (Wildman–Crippen LogP) is 3.58. The van der Waals surface area contributed by atoms with Crippen molar-refractivity contribution < 1.29 is 27.5 Å². The maximum atomic E-state index is 12.7. The molecule has 0 saturated heterocycles. The summed E-state index contributed by atoms with van der Waals surface area (Å²) in [7, 11) is 0. The molecule has 0 unspecified atom stereocenters. The first-order valence-electron chi connectivity index (χ1n) is 8.30. The van der Waals surface area contributed by atoms with Crippen molar-refractivity contribution in [3.8, 4) is 5.75 Å². The van der Waals surface area contributed by atoms with E-state index >= 15 is 0 Å². The van der Waals surface area contributed by atoms with Gasteiger partial charge < -0.3 is 10.1 Å². The zero-order chi connectivity index (χ0) is 20.6. The largest absolute Gasteiger partial charge is 0.494 e. The minimum atomic E-state index is -4.52. The van der Waals surface area contributed by atoms with Crippen LogP contribution in [0.25, 0.3) is 0 Å². The lowest BCUT2D eigenvalue weighted by atomic mass is 10.2. The third-order valence-electron chi connectivity index (χ3n) is 3.37. The molecule has 0 bridgehead atoms. The number of ether oxygens (including phenoxy) is 1. The Morgan fingerprint density at radius 1 is 1.11 bits per heavy atom. The zero-order valence-electron chi connectivity index (χ0n) is 14.9. The molecule has 148 valence electrons. The molecule has 0 aromatic heterocycles. The van der Waals surface area contributed by atoms with Gasteiger partial charge in [-0.2, -0.15) is 18.3 Å². The molecule has 2 rings (SSSR count). The number of hydrazone groups is 1. The van der Waals surface area contributed by atoms with Crippen molar-refractivity contribution in [3.05, 3.63) is 59.7 Å². The fourth-order valence-corrected chi connectivity index (χ4v) is 2.19. The van der Waals surface area contributed by atoms with Crippen LogP contribution in [0.5, 0.6) is 5.75 Å². The highest BCUT2D eigenvalue weighted by Crippen LogP contribution is 2.30. The van der Waals surface area contributed by atoms with Crippen molar-refractivity contribution in [2.75, 3.05) is 11.9 Å². The third kappa shape index (κ3) is 6.75. The van der Waals surface area contributed by atoms with Crippen molar-refractivity contribution in [2.45, 2.75) is 19.5 Å². The lowest BCUT2D eigenvalue weighted by Gasteiger charge is -2.09. The summed E-state index contributed by atoms with van der Waals surface area (Å²) in [4.78, 5) is 23.6. The van der Waals surface area contributed by atoms with Crippen LogP contribution in [0.3, 0.4) is 0 Å². The first-order chi connectivity index (χ1) is 13.3. The highest BCUT2D eigenvalue weighted by molar-refractivity contribution is 6.03. The molecule has 9 heteroatoms. The van der Waals surface area contributed by atoms with Gasteiger partial charge in [0.1, 0.15) is 12.2 Å². The Balaban J connectivity index is 1.86. The highest BCUT2D eigenvalue weighted by Gasteiger charge is 2.30. The van der Waals surface area contributed by atoms with Gasteiger partial charge in [0.2, 0.25) is 11.8 Å². The van der Waals surface area contributed by atoms with Crippen LogP contribution in [0.15, 0.2) is 53.6 Å². The maximum Gasteiger partial charge on any atom is 0.416 e. The molecule has 2 aromatic carbocycles. The molecule has 2 amide bonds. The average molecular weight is 393 g/mol. The van der Waals surface area contributed by atoms with Crippen LogP contribution in [0, 0.1) is 0 Å². The summed E-state index contributed by atoms with van der Waals surface area (Å²) in [5.74, 6) is -0.815. The molecular formula is C19H18F3N3O3. The number of carbonyl (C=O) groups excluding carboxylic acids is 2. The van der Waals surface area contributed by atoms with Gasteiger partial charge in [0.25, 0.3) is 0 Å². The van der Waals surface area contributed by atoms with Gasteiger partial charge >= 0.3 is 6.18 Å². The van der Waals surface area contributed by atoms with E-state index in [9.17, 15) is 22.8 Å². The fourth-order valence-electron chi connectivity index (χ4n) is 2.19. The van der Waals surface area contributed by atoms with Crippen LogP contribution in [0.1, 0.15) is 24.5 Å². The average Bonchev–Trinajstić information content (AvgIpc) is 2.61. The number of nitrogens with one attached hydrogen (secondary N) is 2. The summed E-state index contributed by atoms with van der Waals surface area (Å²) >= 11 is 0. The van der Waals surface area contributed by atoms with E-state index in [-0.39, 0.29) is 5.69 Å². The predicted molar refractivity (Wildman–Crippen MR) is 98.0 cm³/mol. The zero-order valence-corrected chi connectivity index (χ0v) is 14.9. The number of nitrogens with zero attached hydrogens (tertiary/aromatic N) is 1. The van der Waals surface area contributed by atoms with Crippen LogP contribution in [-0.4, -0.2) is 24.6 Å². The van der Waals surface area contributed by atoms with Crippen molar-refractivity contribution >= 4 is 23.7 Å². The van der Waals surface area contributed by atoms with E-state index in [0.717, 1.165) is 12.1 Å². The molecular weight excluding hydrogens is 375 g/mol. The molecule has 0 heterocycles. The molecule has 0 atom stereocenters. The molecule has 0 radical (unpaired) electrons. The van der Waals surface area contributed by atoms with Gasteiger partial charge in [-0.05, 0) is 42.8 Å². The number of rotatable bonds is 7. The van der Waals surface area contributed by atoms with E-state index in [4.69, 9.17) is 4.74 Å². The Kier molecular flexibility index (Phi) is 7.14. The number of alkyl halides is 3. The summed E-state index contributed by atoms with van der Waals surface area (Å²) in [5.41, 5.74) is 1.92. The Bertz CT molecular complexity index is 867. The summed E-state index contributed by atoms with van der Waals surface area (Å²) in [6.45, 7) is 2.36.